The molecule has 12 heteroatoms. The van der Waals surface area contributed by atoms with E-state index in [1.807, 2.05) is 24.3 Å². The van der Waals surface area contributed by atoms with Crippen LogP contribution < -0.4 is 4.74 Å². The average molecular weight is 707 g/mol. The maximum absolute atomic E-state index is 12.1. The van der Waals surface area contributed by atoms with E-state index in [-0.39, 0.29) is 30.0 Å². The Morgan fingerprint density at radius 1 is 1.12 bits per heavy atom. The van der Waals surface area contributed by atoms with Crippen LogP contribution >= 0.6 is 34.2 Å². The maximum atomic E-state index is 12.1. The van der Waals surface area contributed by atoms with Crippen molar-refractivity contribution < 1.29 is 47.8 Å². The first-order chi connectivity index (χ1) is 19.6. The van der Waals surface area contributed by atoms with Crippen LogP contribution in [0.3, 0.4) is 0 Å². The Morgan fingerprint density at radius 3 is 2.61 bits per heavy atom. The summed E-state index contributed by atoms with van der Waals surface area (Å²) < 4.78 is 50.2. The van der Waals surface area contributed by atoms with Crippen LogP contribution in [-0.2, 0) is 38.0 Å². The van der Waals surface area contributed by atoms with E-state index in [2.05, 4.69) is 29.2 Å². The smallest absolute Gasteiger partial charge is 0.308 e. The molecule has 1 unspecified atom stereocenters. The molecule has 0 spiro atoms. The lowest BCUT2D eigenvalue weighted by Crippen LogP contribution is -2.63. The molecule has 5 aliphatic rings. The zero-order valence-corrected chi connectivity index (χ0v) is 26.0. The number of benzene rings is 1. The van der Waals surface area contributed by atoms with Gasteiger partial charge in [0.15, 0.2) is 12.4 Å². The number of methoxy groups -OCH3 is 2. The first-order valence-electron chi connectivity index (χ1n) is 14.0. The Hall–Kier alpha value is -1.03. The summed E-state index contributed by atoms with van der Waals surface area (Å²) >= 11 is 8.86. The number of esters is 1. The van der Waals surface area contributed by atoms with Crippen molar-refractivity contribution in [3.8, 4) is 5.75 Å². The third-order valence-corrected chi connectivity index (χ3v) is 9.50. The van der Waals surface area contributed by atoms with Gasteiger partial charge >= 0.3 is 5.97 Å². The van der Waals surface area contributed by atoms with Crippen molar-refractivity contribution in [3.63, 3.8) is 0 Å². The molecule has 0 amide bonds. The summed E-state index contributed by atoms with van der Waals surface area (Å²) in [6.45, 7) is 3.97. The molecule has 11 atom stereocenters. The van der Waals surface area contributed by atoms with E-state index in [0.717, 1.165) is 9.14 Å². The van der Waals surface area contributed by atoms with E-state index < -0.39 is 48.4 Å². The molecular weight excluding hydrogens is 671 g/mol. The first kappa shape index (κ1) is 30.0. The van der Waals surface area contributed by atoms with Crippen molar-refractivity contribution in [2.45, 2.75) is 111 Å². The van der Waals surface area contributed by atoms with Crippen LogP contribution in [0.4, 0.5) is 0 Å². The summed E-state index contributed by atoms with van der Waals surface area (Å²) in [5.74, 6) is -2.80. The Balaban J connectivity index is 1.30. The third-order valence-electron chi connectivity index (χ3n) is 8.68. The van der Waals surface area contributed by atoms with Crippen molar-refractivity contribution in [3.05, 3.63) is 40.0 Å². The van der Waals surface area contributed by atoms with Crippen molar-refractivity contribution in [2.75, 3.05) is 14.2 Å². The fourth-order valence-electron chi connectivity index (χ4n) is 6.76. The fraction of sp³-hybridized carbons (Fsp3) is 0.690. The highest BCUT2D eigenvalue weighted by atomic mass is 127. The van der Waals surface area contributed by atoms with Crippen LogP contribution in [-0.4, -0.2) is 85.0 Å². The normalized spacial score (nSPS) is 41.6. The predicted octanol–water partition coefficient (Wildman–Crippen LogP) is 4.29. The minimum absolute atomic E-state index is 0.164. The number of aliphatic hydroxyl groups is 1. The van der Waals surface area contributed by atoms with Crippen LogP contribution in [0.15, 0.2) is 34.4 Å². The standard InChI is InChI=1S/C29H36ClIO10/c1-15(31)12-17(30)10-11-28-27-29(33,41-26(38-27)16-4-6-18(34-2)7-5-16)25(40-28)22-14-21(39-28)24-20(37-22)9-8-19(36-24)13-23(32)35-3/h4-7,17,19-22,24-27,33H,1,8-14H2,2-3H3/t17-,19-,20+,21-,22?,24+,25+,26+,27+,28-,29-/m1/s1. The molecule has 226 valence electrons. The number of rotatable bonds is 9. The Morgan fingerprint density at radius 2 is 1.90 bits per heavy atom. The van der Waals surface area contributed by atoms with Gasteiger partial charge < -0.3 is 43.0 Å². The Labute approximate surface area is 258 Å². The molecule has 10 nitrogen and oxygen atoms in total. The predicted molar refractivity (Wildman–Crippen MR) is 154 cm³/mol. The SMILES string of the molecule is C=C(I)C[C@H](Cl)CC[C@@]12O[C@@H]3CC(O[C@H]4CC[C@H](CC(=O)OC)O[C@@H]43)[C@H](O1)[C@@]1(O)O[C@@H](c3ccc(OC)cc3)O[C@@H]21. The van der Waals surface area contributed by atoms with Gasteiger partial charge in [-0.05, 0) is 64.0 Å². The van der Waals surface area contributed by atoms with Gasteiger partial charge in [0.1, 0.15) is 18.0 Å². The van der Waals surface area contributed by atoms with E-state index in [1.54, 1.807) is 7.11 Å². The maximum Gasteiger partial charge on any atom is 0.308 e. The van der Waals surface area contributed by atoms with Crippen LogP contribution in [0.2, 0.25) is 0 Å². The highest BCUT2D eigenvalue weighted by Crippen LogP contribution is 2.58. The van der Waals surface area contributed by atoms with Gasteiger partial charge in [0.25, 0.3) is 0 Å². The molecule has 6 rings (SSSR count). The van der Waals surface area contributed by atoms with Crippen LogP contribution in [0.25, 0.3) is 0 Å². The van der Waals surface area contributed by atoms with Crippen LogP contribution in [0.5, 0.6) is 5.75 Å². The quantitative estimate of drug-likeness (QED) is 0.227. The lowest BCUT2D eigenvalue weighted by Gasteiger charge is -2.48. The van der Waals surface area contributed by atoms with Crippen LogP contribution in [0, 0.1) is 0 Å². The number of hydrogen-bond donors (Lipinski definition) is 1. The molecule has 5 fully saturated rings. The van der Waals surface area contributed by atoms with Gasteiger partial charge in [-0.3, -0.25) is 4.79 Å². The number of carbonyl (C=O) groups excluding carboxylic acids is 1. The molecule has 5 aliphatic heterocycles. The van der Waals surface area contributed by atoms with Gasteiger partial charge in [0.05, 0.1) is 45.1 Å². The van der Waals surface area contributed by atoms with Gasteiger partial charge in [-0.15, -0.1) is 11.6 Å². The van der Waals surface area contributed by atoms with E-state index in [4.69, 9.17) is 49.5 Å². The van der Waals surface area contributed by atoms with Gasteiger partial charge in [0.2, 0.25) is 11.6 Å². The number of hydrogen-bond acceptors (Lipinski definition) is 10. The summed E-state index contributed by atoms with van der Waals surface area (Å²) in [5, 5.41) is 11.9. The number of carbonyl (C=O) groups is 1. The van der Waals surface area contributed by atoms with E-state index in [1.165, 1.54) is 7.11 Å². The third kappa shape index (κ3) is 5.66. The molecule has 0 saturated carbocycles. The van der Waals surface area contributed by atoms with Crippen molar-refractivity contribution >= 4 is 40.2 Å². The molecule has 5 saturated heterocycles. The van der Waals surface area contributed by atoms with Crippen molar-refractivity contribution in [1.29, 1.82) is 0 Å². The van der Waals surface area contributed by atoms with E-state index in [0.29, 0.717) is 44.3 Å². The van der Waals surface area contributed by atoms with Crippen molar-refractivity contribution in [2.24, 2.45) is 0 Å². The number of fused-ring (bicyclic) bond motifs is 10. The molecule has 1 N–H and O–H groups in total. The topological polar surface area (TPSA) is 111 Å². The fourth-order valence-corrected chi connectivity index (χ4v) is 7.85. The highest BCUT2D eigenvalue weighted by molar-refractivity contribution is 14.1. The number of allylic oxidation sites excluding steroid dienone is 1. The molecule has 1 aromatic rings. The lowest BCUT2D eigenvalue weighted by molar-refractivity contribution is -0.306. The van der Waals surface area contributed by atoms with Gasteiger partial charge in [0, 0.05) is 23.8 Å². The number of ether oxygens (including phenoxy) is 8. The first-order valence-corrected chi connectivity index (χ1v) is 15.6. The van der Waals surface area contributed by atoms with Crippen LogP contribution in [0.1, 0.15) is 56.8 Å². The molecular formula is C29H36ClIO10. The van der Waals surface area contributed by atoms with Gasteiger partial charge in [-0.25, -0.2) is 0 Å². The summed E-state index contributed by atoms with van der Waals surface area (Å²) in [7, 11) is 2.97. The molecule has 0 radical (unpaired) electrons. The zero-order chi connectivity index (χ0) is 28.9. The Bertz CT molecular complexity index is 1140. The molecule has 41 heavy (non-hydrogen) atoms. The molecule has 5 heterocycles. The average Bonchev–Trinajstić information content (AvgIpc) is 3.37. The second kappa shape index (κ2) is 11.8. The monoisotopic (exact) mass is 706 g/mol. The molecule has 0 aliphatic carbocycles. The van der Waals surface area contributed by atoms with E-state index in [9.17, 15) is 9.90 Å². The van der Waals surface area contributed by atoms with Gasteiger partial charge in [-0.2, -0.15) is 0 Å². The van der Waals surface area contributed by atoms with E-state index >= 15 is 0 Å². The minimum Gasteiger partial charge on any atom is -0.497 e. The summed E-state index contributed by atoms with van der Waals surface area (Å²) in [6.07, 6.45) is -1.19. The molecule has 1 aromatic carbocycles. The number of alkyl halides is 1. The minimum atomic E-state index is -1.81. The summed E-state index contributed by atoms with van der Waals surface area (Å²) in [5.41, 5.74) is 0.725. The van der Waals surface area contributed by atoms with Gasteiger partial charge in [-0.1, -0.05) is 18.7 Å². The Kier molecular flexibility index (Phi) is 8.65. The highest BCUT2D eigenvalue weighted by Gasteiger charge is 2.75. The largest absolute Gasteiger partial charge is 0.497 e. The lowest BCUT2D eigenvalue weighted by atomic mass is 9.84. The summed E-state index contributed by atoms with van der Waals surface area (Å²) in [6, 6.07) is 7.30. The summed E-state index contributed by atoms with van der Waals surface area (Å²) in [4.78, 5) is 12.0. The zero-order valence-electron chi connectivity index (χ0n) is 23.0. The number of halogens is 2. The second-order valence-corrected chi connectivity index (χ2v) is 13.5. The van der Waals surface area contributed by atoms with Crippen molar-refractivity contribution in [1.82, 2.24) is 0 Å². The second-order valence-electron chi connectivity index (χ2n) is 11.4. The molecule has 0 aromatic heterocycles. The molecule has 4 bridgehead atoms.